The van der Waals surface area contributed by atoms with Crippen molar-refractivity contribution in [3.05, 3.63) is 29.8 Å². The van der Waals surface area contributed by atoms with Crippen LogP contribution >= 0.6 is 24.0 Å². The normalized spacial score (nSPS) is 16.5. The maximum atomic E-state index is 5.75. The van der Waals surface area contributed by atoms with Crippen LogP contribution < -0.4 is 15.4 Å². The maximum Gasteiger partial charge on any atom is 0.191 e. The molecule has 1 saturated heterocycles. The van der Waals surface area contributed by atoms with Gasteiger partial charge in [0.1, 0.15) is 5.75 Å². The average Bonchev–Trinajstić information content (AvgIpc) is 2.67. The van der Waals surface area contributed by atoms with Gasteiger partial charge >= 0.3 is 0 Å². The highest BCUT2D eigenvalue weighted by atomic mass is 127. The van der Waals surface area contributed by atoms with E-state index in [2.05, 4.69) is 23.6 Å². The predicted molar refractivity (Wildman–Crippen MR) is 116 cm³/mol. The molecule has 0 radical (unpaired) electrons. The van der Waals surface area contributed by atoms with E-state index in [9.17, 15) is 0 Å². The molecule has 7 heteroatoms. The Morgan fingerprint density at radius 1 is 1.19 bits per heavy atom. The van der Waals surface area contributed by atoms with Crippen LogP contribution in [0.15, 0.2) is 29.3 Å². The van der Waals surface area contributed by atoms with Gasteiger partial charge < -0.3 is 24.8 Å². The number of hydrogen-bond acceptors (Lipinski definition) is 4. The van der Waals surface area contributed by atoms with Gasteiger partial charge in [0, 0.05) is 46.3 Å². The van der Waals surface area contributed by atoms with Crippen molar-refractivity contribution >= 4 is 29.9 Å². The zero-order valence-corrected chi connectivity index (χ0v) is 18.4. The third kappa shape index (κ3) is 6.92. The number of ether oxygens (including phenoxy) is 3. The number of hydrogen-bond donors (Lipinski definition) is 2. The highest BCUT2D eigenvalue weighted by Crippen LogP contribution is 2.24. The summed E-state index contributed by atoms with van der Waals surface area (Å²) in [5, 5.41) is 6.70. The number of rotatable bonds is 8. The summed E-state index contributed by atoms with van der Waals surface area (Å²) < 4.78 is 16.6. The number of nitrogens with one attached hydrogen (secondary N) is 2. The van der Waals surface area contributed by atoms with Gasteiger partial charge in [0.2, 0.25) is 0 Å². The molecular formula is C19H32IN3O3. The third-order valence-electron chi connectivity index (χ3n) is 4.59. The van der Waals surface area contributed by atoms with Crippen LogP contribution in [0.4, 0.5) is 0 Å². The molecule has 0 aliphatic carbocycles. The molecule has 6 nitrogen and oxygen atoms in total. The molecule has 1 aliphatic heterocycles. The topological polar surface area (TPSA) is 64.1 Å². The molecule has 0 amide bonds. The Morgan fingerprint density at radius 2 is 1.92 bits per heavy atom. The zero-order valence-electron chi connectivity index (χ0n) is 16.0. The van der Waals surface area contributed by atoms with Gasteiger partial charge in [0.05, 0.1) is 19.3 Å². The second kappa shape index (κ2) is 12.3. The highest BCUT2D eigenvalue weighted by Gasteiger charge is 2.32. The summed E-state index contributed by atoms with van der Waals surface area (Å²) in [5.41, 5.74) is 0.981. The number of guanidine groups is 1. The summed E-state index contributed by atoms with van der Waals surface area (Å²) in [4.78, 5) is 4.74. The first kappa shape index (κ1) is 23.0. The van der Waals surface area contributed by atoms with E-state index in [0.717, 1.165) is 57.3 Å². The lowest BCUT2D eigenvalue weighted by Gasteiger charge is -2.34. The van der Waals surface area contributed by atoms with Gasteiger partial charge in [-0.3, -0.25) is 4.99 Å². The molecule has 2 rings (SSSR count). The Hall–Kier alpha value is -1.06. The molecule has 26 heavy (non-hydrogen) atoms. The second-order valence-corrected chi connectivity index (χ2v) is 6.18. The number of aliphatic imine (C=N–C) groups is 1. The molecule has 0 spiro atoms. The zero-order chi connectivity index (χ0) is 18.0. The van der Waals surface area contributed by atoms with Crippen LogP contribution in [0, 0.1) is 0 Å². The molecule has 0 bridgehead atoms. The third-order valence-corrected chi connectivity index (χ3v) is 4.59. The van der Waals surface area contributed by atoms with Crippen LogP contribution in [0.25, 0.3) is 0 Å². The molecule has 0 saturated carbocycles. The van der Waals surface area contributed by atoms with Crippen LogP contribution in [-0.2, 0) is 15.9 Å². The summed E-state index contributed by atoms with van der Waals surface area (Å²) in [6, 6.07) is 8.10. The van der Waals surface area contributed by atoms with Gasteiger partial charge in [-0.1, -0.05) is 18.2 Å². The Morgan fingerprint density at radius 3 is 2.58 bits per heavy atom. The SMILES string of the molecule is CCNC(=NCC1(OC)CCOCC1)NCCc1ccccc1OC.I. The van der Waals surface area contributed by atoms with Crippen LogP contribution in [0.1, 0.15) is 25.3 Å². The Balaban J connectivity index is 0.00000338. The van der Waals surface area contributed by atoms with Gasteiger partial charge in [-0.15, -0.1) is 24.0 Å². The first-order chi connectivity index (χ1) is 12.2. The van der Waals surface area contributed by atoms with Crippen molar-refractivity contribution < 1.29 is 14.2 Å². The van der Waals surface area contributed by atoms with E-state index in [-0.39, 0.29) is 29.6 Å². The van der Waals surface area contributed by atoms with E-state index in [1.54, 1.807) is 14.2 Å². The highest BCUT2D eigenvalue weighted by molar-refractivity contribution is 14.0. The Labute approximate surface area is 174 Å². The van der Waals surface area contributed by atoms with E-state index in [0.29, 0.717) is 6.54 Å². The molecule has 2 N–H and O–H groups in total. The lowest BCUT2D eigenvalue weighted by Crippen LogP contribution is -2.44. The van der Waals surface area contributed by atoms with Crippen molar-refractivity contribution in [1.29, 1.82) is 0 Å². The lowest BCUT2D eigenvalue weighted by atomic mass is 9.94. The molecular weight excluding hydrogens is 445 g/mol. The molecule has 1 aliphatic rings. The molecule has 1 fully saturated rings. The maximum absolute atomic E-state index is 5.75. The number of methoxy groups -OCH3 is 2. The average molecular weight is 477 g/mol. The predicted octanol–water partition coefficient (Wildman–Crippen LogP) is 2.61. The fourth-order valence-electron chi connectivity index (χ4n) is 2.96. The van der Waals surface area contributed by atoms with Gasteiger partial charge in [-0.2, -0.15) is 0 Å². The minimum atomic E-state index is -0.205. The van der Waals surface area contributed by atoms with Gasteiger partial charge in [0.15, 0.2) is 5.96 Å². The Kier molecular flexibility index (Phi) is 10.9. The number of para-hydroxylation sites is 1. The minimum absolute atomic E-state index is 0. The monoisotopic (exact) mass is 477 g/mol. The molecule has 0 unspecified atom stereocenters. The summed E-state index contributed by atoms with van der Waals surface area (Å²) in [6.45, 7) is 5.79. The van der Waals surface area contributed by atoms with E-state index >= 15 is 0 Å². The van der Waals surface area contributed by atoms with E-state index in [4.69, 9.17) is 19.2 Å². The summed E-state index contributed by atoms with van der Waals surface area (Å²) in [5.74, 6) is 1.74. The van der Waals surface area contributed by atoms with Crippen LogP contribution in [0.5, 0.6) is 5.75 Å². The molecule has 0 atom stereocenters. The lowest BCUT2D eigenvalue weighted by molar-refractivity contribution is -0.0828. The molecule has 1 aromatic carbocycles. The fraction of sp³-hybridized carbons (Fsp3) is 0.632. The van der Waals surface area contributed by atoms with Crippen molar-refractivity contribution in [2.45, 2.75) is 31.8 Å². The van der Waals surface area contributed by atoms with E-state index in [1.807, 2.05) is 18.2 Å². The quantitative estimate of drug-likeness (QED) is 0.343. The van der Waals surface area contributed by atoms with Gasteiger partial charge in [0.25, 0.3) is 0 Å². The van der Waals surface area contributed by atoms with Gasteiger partial charge in [-0.05, 0) is 25.0 Å². The molecule has 1 aromatic rings. The van der Waals surface area contributed by atoms with E-state index < -0.39 is 0 Å². The number of benzene rings is 1. The van der Waals surface area contributed by atoms with Crippen LogP contribution in [0.2, 0.25) is 0 Å². The molecule has 148 valence electrons. The summed E-state index contributed by atoms with van der Waals surface area (Å²) in [6.07, 6.45) is 2.64. The van der Waals surface area contributed by atoms with Crippen molar-refractivity contribution in [3.8, 4) is 5.75 Å². The summed E-state index contributed by atoms with van der Waals surface area (Å²) in [7, 11) is 3.47. The summed E-state index contributed by atoms with van der Waals surface area (Å²) >= 11 is 0. The Bertz CT molecular complexity index is 549. The van der Waals surface area contributed by atoms with E-state index in [1.165, 1.54) is 5.56 Å². The molecule has 0 aromatic heterocycles. The smallest absolute Gasteiger partial charge is 0.191 e. The largest absolute Gasteiger partial charge is 0.496 e. The van der Waals surface area contributed by atoms with Crippen molar-refractivity contribution in [2.24, 2.45) is 4.99 Å². The first-order valence-corrected chi connectivity index (χ1v) is 9.00. The number of halogens is 1. The second-order valence-electron chi connectivity index (χ2n) is 6.18. The van der Waals surface area contributed by atoms with Gasteiger partial charge in [-0.25, -0.2) is 0 Å². The minimum Gasteiger partial charge on any atom is -0.496 e. The fourth-order valence-corrected chi connectivity index (χ4v) is 2.96. The van der Waals surface area contributed by atoms with Crippen LogP contribution in [0.3, 0.4) is 0 Å². The first-order valence-electron chi connectivity index (χ1n) is 9.00. The number of nitrogens with zero attached hydrogens (tertiary/aromatic N) is 1. The standard InChI is InChI=1S/C19H31N3O3.HI/c1-4-20-18(22-15-19(24-3)10-13-25-14-11-19)21-12-9-16-7-5-6-8-17(16)23-2;/h5-8H,4,9-15H2,1-3H3,(H2,20,21,22);1H. The van der Waals surface area contributed by atoms with Crippen molar-refractivity contribution in [2.75, 3.05) is 47.1 Å². The van der Waals surface area contributed by atoms with Crippen molar-refractivity contribution in [1.82, 2.24) is 10.6 Å². The molecule has 1 heterocycles. The van der Waals surface area contributed by atoms with Crippen LogP contribution in [-0.4, -0.2) is 58.6 Å². The van der Waals surface area contributed by atoms with Crippen molar-refractivity contribution in [3.63, 3.8) is 0 Å².